The number of halogens is 2. The summed E-state index contributed by atoms with van der Waals surface area (Å²) in [6.45, 7) is 15.5. The van der Waals surface area contributed by atoms with E-state index in [1.54, 1.807) is 0 Å². The van der Waals surface area contributed by atoms with E-state index >= 15 is 0 Å². The molecule has 0 aliphatic carbocycles. The Morgan fingerprint density at radius 1 is 1.10 bits per heavy atom. The number of rotatable bonds is 13. The van der Waals surface area contributed by atoms with Crippen LogP contribution in [0, 0.1) is 18.3 Å². The number of terminal acetylenes is 1. The first-order valence-corrected chi connectivity index (χ1v) is 15.6. The average molecular weight is 624 g/mol. The number of hydrogen-bond donors (Lipinski definition) is 0. The highest BCUT2D eigenvalue weighted by Crippen LogP contribution is 2.48. The first-order valence-electron chi connectivity index (χ1n) is 15.6. The van der Waals surface area contributed by atoms with E-state index in [0.29, 0.717) is 24.6 Å². The molecule has 4 rings (SSSR count). The molecule has 1 fully saturated rings. The summed E-state index contributed by atoms with van der Waals surface area (Å²) in [5.41, 5.74) is 4.21. The maximum Gasteiger partial charge on any atom is 0.311 e. The third-order valence-corrected chi connectivity index (χ3v) is 8.67. The lowest BCUT2D eigenvalue weighted by Crippen LogP contribution is -2.42. The van der Waals surface area contributed by atoms with Crippen molar-refractivity contribution < 1.29 is 19.0 Å². The molecule has 0 radical (unpaired) electrons. The van der Waals surface area contributed by atoms with Crippen LogP contribution in [-0.2, 0) is 16.0 Å². The summed E-state index contributed by atoms with van der Waals surface area (Å²) in [4.78, 5) is 17.8. The van der Waals surface area contributed by atoms with Gasteiger partial charge in [-0.2, -0.15) is 0 Å². The molecule has 236 valence electrons. The normalized spacial score (nSPS) is 18.8. The van der Waals surface area contributed by atoms with Crippen LogP contribution in [0.25, 0.3) is 5.57 Å². The van der Waals surface area contributed by atoms with Crippen LogP contribution < -0.4 is 9.47 Å². The van der Waals surface area contributed by atoms with Gasteiger partial charge in [0.25, 0.3) is 0 Å². The summed E-state index contributed by atoms with van der Waals surface area (Å²) in [7, 11) is 0. The maximum absolute atomic E-state index is 13.2. The molecule has 6 nitrogen and oxygen atoms in total. The van der Waals surface area contributed by atoms with Gasteiger partial charge in [-0.15, -0.1) is 31.2 Å². The van der Waals surface area contributed by atoms with E-state index in [9.17, 15) is 4.79 Å². The van der Waals surface area contributed by atoms with E-state index < -0.39 is 5.60 Å². The highest BCUT2D eigenvalue weighted by molar-refractivity contribution is 5.86. The zero-order chi connectivity index (χ0) is 28.5. The summed E-state index contributed by atoms with van der Waals surface area (Å²) in [6.07, 6.45) is 14.9. The van der Waals surface area contributed by atoms with E-state index in [-0.39, 0.29) is 30.8 Å². The van der Waals surface area contributed by atoms with Gasteiger partial charge >= 0.3 is 5.97 Å². The van der Waals surface area contributed by atoms with Crippen molar-refractivity contribution >= 4 is 36.4 Å². The monoisotopic (exact) mass is 622 g/mol. The lowest BCUT2D eigenvalue weighted by atomic mass is 9.81. The highest BCUT2D eigenvalue weighted by Gasteiger charge is 2.39. The Balaban J connectivity index is 0.00000308. The van der Waals surface area contributed by atoms with Gasteiger partial charge in [0.2, 0.25) is 0 Å². The molecule has 0 saturated carbocycles. The SMILES string of the molecule is C#CCN1CCC2=C(C1)c1c(OC(=O)CCCN3CCOCC3)cc(CCC(C)CCCCC)cc1OC2(C)C.Cl.Cl. The molecule has 0 bridgehead atoms. The second-order valence-corrected chi connectivity index (χ2v) is 12.4. The Morgan fingerprint density at radius 2 is 1.86 bits per heavy atom. The quantitative estimate of drug-likeness (QED) is 0.103. The Bertz CT molecular complexity index is 1090. The second kappa shape index (κ2) is 17.5. The number of nitrogens with zero attached hydrogens (tertiary/aromatic N) is 2. The molecule has 0 spiro atoms. The van der Waals surface area contributed by atoms with Crippen molar-refractivity contribution in [2.24, 2.45) is 5.92 Å². The number of morpholine rings is 1. The van der Waals surface area contributed by atoms with E-state index in [1.165, 1.54) is 42.4 Å². The summed E-state index contributed by atoms with van der Waals surface area (Å²) in [5.74, 6) is 4.77. The van der Waals surface area contributed by atoms with Gasteiger partial charge in [0.15, 0.2) is 0 Å². The molecule has 42 heavy (non-hydrogen) atoms. The maximum atomic E-state index is 13.2. The predicted molar refractivity (Wildman–Crippen MR) is 176 cm³/mol. The molecule has 3 heterocycles. The van der Waals surface area contributed by atoms with Crippen LogP contribution in [0.2, 0.25) is 0 Å². The minimum atomic E-state index is -0.407. The van der Waals surface area contributed by atoms with Gasteiger partial charge in [0.05, 0.1) is 25.3 Å². The smallest absolute Gasteiger partial charge is 0.311 e. The van der Waals surface area contributed by atoms with Gasteiger partial charge in [-0.05, 0) is 80.8 Å². The molecule has 1 unspecified atom stereocenters. The molecule has 1 aromatic carbocycles. The average Bonchev–Trinajstić information content (AvgIpc) is 2.92. The van der Waals surface area contributed by atoms with Crippen molar-refractivity contribution in [2.75, 3.05) is 52.5 Å². The lowest BCUT2D eigenvalue weighted by Gasteiger charge is -2.42. The van der Waals surface area contributed by atoms with Crippen LogP contribution in [0.3, 0.4) is 0 Å². The highest BCUT2D eigenvalue weighted by atomic mass is 35.5. The van der Waals surface area contributed by atoms with Gasteiger partial charge in [0.1, 0.15) is 17.1 Å². The predicted octanol–water partition coefficient (Wildman–Crippen LogP) is 6.96. The van der Waals surface area contributed by atoms with Gasteiger partial charge < -0.3 is 14.2 Å². The number of aryl methyl sites for hydroxylation is 1. The minimum Gasteiger partial charge on any atom is -0.483 e. The molecule has 1 saturated heterocycles. The largest absolute Gasteiger partial charge is 0.483 e. The molecule has 0 amide bonds. The summed E-state index contributed by atoms with van der Waals surface area (Å²) >= 11 is 0. The van der Waals surface area contributed by atoms with Crippen LogP contribution in [-0.4, -0.2) is 73.9 Å². The summed E-state index contributed by atoms with van der Waals surface area (Å²) in [6, 6.07) is 4.29. The van der Waals surface area contributed by atoms with Crippen molar-refractivity contribution in [3.8, 4) is 23.8 Å². The Hall–Kier alpha value is -1.75. The molecular formula is C34H52Cl2N2O4. The van der Waals surface area contributed by atoms with Crippen LogP contribution in [0.4, 0.5) is 0 Å². The fraction of sp³-hybridized carbons (Fsp3) is 0.676. The standard InChI is InChI=1S/C34H50N2O4.2ClH/c1-6-8-9-11-26(3)13-14-27-23-30(39-32(37)12-10-17-35-19-21-38-22-20-35)33-28-25-36(16-7-2)18-15-29(28)34(4,5)40-31(33)24-27;;/h2,23-24,26H,6,8-22,25H2,1,3-5H3;2*1H. The van der Waals surface area contributed by atoms with Crippen molar-refractivity contribution in [1.82, 2.24) is 9.80 Å². The van der Waals surface area contributed by atoms with Gasteiger partial charge in [-0.25, -0.2) is 0 Å². The third-order valence-electron chi connectivity index (χ3n) is 8.67. The molecule has 1 atom stereocenters. The molecule has 8 heteroatoms. The van der Waals surface area contributed by atoms with Gasteiger partial charge in [0, 0.05) is 32.6 Å². The summed E-state index contributed by atoms with van der Waals surface area (Å²) < 4.78 is 18.3. The molecule has 3 aliphatic heterocycles. The number of esters is 1. The van der Waals surface area contributed by atoms with Crippen molar-refractivity contribution in [3.05, 3.63) is 28.8 Å². The van der Waals surface area contributed by atoms with Gasteiger partial charge in [-0.1, -0.05) is 45.5 Å². The zero-order valence-electron chi connectivity index (χ0n) is 26.2. The van der Waals surface area contributed by atoms with Crippen LogP contribution in [0.1, 0.15) is 90.2 Å². The Kier molecular flexibility index (Phi) is 15.2. The van der Waals surface area contributed by atoms with E-state index in [0.717, 1.165) is 82.9 Å². The number of carbonyl (C=O) groups is 1. The van der Waals surface area contributed by atoms with E-state index in [1.807, 2.05) is 0 Å². The van der Waals surface area contributed by atoms with E-state index in [2.05, 4.69) is 55.5 Å². The fourth-order valence-corrected chi connectivity index (χ4v) is 6.31. The second-order valence-electron chi connectivity index (χ2n) is 12.4. The number of hydrogen-bond acceptors (Lipinski definition) is 6. The van der Waals surface area contributed by atoms with Crippen molar-refractivity contribution in [2.45, 2.75) is 91.1 Å². The first kappa shape index (κ1) is 36.4. The number of unbranched alkanes of at least 4 members (excludes halogenated alkanes) is 2. The topological polar surface area (TPSA) is 51.2 Å². The lowest BCUT2D eigenvalue weighted by molar-refractivity contribution is -0.134. The van der Waals surface area contributed by atoms with Crippen LogP contribution >= 0.6 is 24.8 Å². The number of ether oxygens (including phenoxy) is 3. The van der Waals surface area contributed by atoms with Crippen molar-refractivity contribution in [3.63, 3.8) is 0 Å². The van der Waals surface area contributed by atoms with Crippen LogP contribution in [0.15, 0.2) is 17.7 Å². The first-order chi connectivity index (χ1) is 19.3. The summed E-state index contributed by atoms with van der Waals surface area (Å²) in [5, 5.41) is 0. The number of fused-ring (bicyclic) bond motifs is 2. The molecule has 0 aromatic heterocycles. The number of benzene rings is 1. The minimum absolute atomic E-state index is 0. The Labute approximate surface area is 266 Å². The molecular weight excluding hydrogens is 571 g/mol. The zero-order valence-corrected chi connectivity index (χ0v) is 27.8. The third kappa shape index (κ3) is 9.89. The fourth-order valence-electron chi connectivity index (χ4n) is 6.31. The van der Waals surface area contributed by atoms with Crippen molar-refractivity contribution in [1.29, 1.82) is 0 Å². The number of carbonyl (C=O) groups excluding carboxylic acids is 1. The molecule has 0 N–H and O–H groups in total. The van der Waals surface area contributed by atoms with E-state index in [4.69, 9.17) is 20.6 Å². The Morgan fingerprint density at radius 3 is 2.57 bits per heavy atom. The molecule has 1 aromatic rings. The molecule has 3 aliphatic rings. The van der Waals surface area contributed by atoms with Gasteiger partial charge in [-0.3, -0.25) is 14.6 Å². The van der Waals surface area contributed by atoms with Crippen LogP contribution in [0.5, 0.6) is 11.5 Å².